The van der Waals surface area contributed by atoms with Gasteiger partial charge in [-0.1, -0.05) is 23.3 Å². The first-order chi connectivity index (χ1) is 14.8. The van der Waals surface area contributed by atoms with E-state index in [-0.39, 0.29) is 36.5 Å². The average molecular weight is 432 g/mol. The second kappa shape index (κ2) is 8.09. The Labute approximate surface area is 173 Å². The van der Waals surface area contributed by atoms with Gasteiger partial charge >= 0.3 is 12.4 Å². The van der Waals surface area contributed by atoms with Crippen LogP contribution in [0.2, 0.25) is 0 Å². The van der Waals surface area contributed by atoms with E-state index in [2.05, 4.69) is 20.3 Å². The molecule has 2 heterocycles. The molecule has 1 aliphatic heterocycles. The number of anilines is 2. The number of rotatable bonds is 5. The van der Waals surface area contributed by atoms with Crippen molar-refractivity contribution in [1.82, 2.24) is 10.2 Å². The zero-order chi connectivity index (χ0) is 22.0. The van der Waals surface area contributed by atoms with Crippen LogP contribution in [0.1, 0.15) is 28.6 Å². The lowest BCUT2D eigenvalue weighted by molar-refractivity contribution is -0.274. The van der Waals surface area contributed by atoms with E-state index in [0.29, 0.717) is 11.3 Å². The van der Waals surface area contributed by atoms with E-state index in [1.807, 2.05) is 0 Å². The molecule has 0 unspecified atom stereocenters. The van der Waals surface area contributed by atoms with Gasteiger partial charge in [0.1, 0.15) is 5.75 Å². The summed E-state index contributed by atoms with van der Waals surface area (Å²) in [6, 6.07) is 13.4. The zero-order valence-corrected chi connectivity index (χ0v) is 15.8. The second-order valence-electron chi connectivity index (χ2n) is 6.71. The molecule has 3 aromatic rings. The minimum absolute atomic E-state index is 0.0784. The normalized spacial score (nSPS) is 16.4. The van der Waals surface area contributed by atoms with Crippen LogP contribution in [0, 0.1) is 0 Å². The van der Waals surface area contributed by atoms with Gasteiger partial charge in [0, 0.05) is 24.2 Å². The van der Waals surface area contributed by atoms with Crippen molar-refractivity contribution in [2.75, 3.05) is 16.8 Å². The molecule has 1 aliphatic rings. The molecule has 1 saturated heterocycles. The highest BCUT2D eigenvalue weighted by Crippen LogP contribution is 2.33. The lowest BCUT2D eigenvalue weighted by Crippen LogP contribution is -2.24. The van der Waals surface area contributed by atoms with Crippen molar-refractivity contribution in [3.8, 4) is 5.75 Å². The minimum atomic E-state index is -4.79. The first-order valence-electron chi connectivity index (χ1n) is 9.14. The molecule has 160 valence electrons. The zero-order valence-electron chi connectivity index (χ0n) is 15.8. The molecule has 2 amide bonds. The standard InChI is InChI=1S/C20H15F3N4O4/c21-20(22,23)31-15-8-6-14(7-9-15)27-11-13(10-16(27)28)18-25-26-19(30-18)24-17(29)12-4-2-1-3-5-12/h1-9,13H,10-11H2,(H,24,26,29)/t13-/m1/s1. The Balaban J connectivity index is 1.41. The largest absolute Gasteiger partial charge is 0.573 e. The molecular weight excluding hydrogens is 417 g/mol. The molecule has 0 saturated carbocycles. The van der Waals surface area contributed by atoms with E-state index in [4.69, 9.17) is 4.42 Å². The molecule has 2 aromatic carbocycles. The first-order valence-corrected chi connectivity index (χ1v) is 9.14. The first kappa shape index (κ1) is 20.4. The van der Waals surface area contributed by atoms with Gasteiger partial charge in [0.25, 0.3) is 5.91 Å². The van der Waals surface area contributed by atoms with E-state index in [1.54, 1.807) is 30.3 Å². The number of nitrogens with one attached hydrogen (secondary N) is 1. The highest BCUT2D eigenvalue weighted by molar-refractivity contribution is 6.03. The van der Waals surface area contributed by atoms with Gasteiger partial charge < -0.3 is 14.1 Å². The van der Waals surface area contributed by atoms with Crippen LogP contribution in [-0.4, -0.2) is 34.9 Å². The summed E-state index contributed by atoms with van der Waals surface area (Å²) in [6.07, 6.45) is -4.71. The number of carbonyl (C=O) groups excluding carboxylic acids is 2. The lowest BCUT2D eigenvalue weighted by Gasteiger charge is -2.17. The fraction of sp³-hybridized carbons (Fsp3) is 0.200. The van der Waals surface area contributed by atoms with Gasteiger partial charge in [0.15, 0.2) is 0 Å². The Bertz CT molecular complexity index is 1080. The van der Waals surface area contributed by atoms with E-state index in [1.165, 1.54) is 17.0 Å². The van der Waals surface area contributed by atoms with Gasteiger partial charge in [-0.05, 0) is 36.4 Å². The van der Waals surface area contributed by atoms with Crippen LogP contribution >= 0.6 is 0 Å². The number of nitrogens with zero attached hydrogens (tertiary/aromatic N) is 3. The van der Waals surface area contributed by atoms with Crippen molar-refractivity contribution in [2.45, 2.75) is 18.7 Å². The van der Waals surface area contributed by atoms with Gasteiger partial charge in [0.2, 0.25) is 11.8 Å². The van der Waals surface area contributed by atoms with E-state index in [9.17, 15) is 22.8 Å². The highest BCUT2D eigenvalue weighted by atomic mass is 19.4. The number of aromatic nitrogens is 2. The Morgan fingerprint density at radius 2 is 1.81 bits per heavy atom. The Morgan fingerprint density at radius 3 is 2.48 bits per heavy atom. The van der Waals surface area contributed by atoms with Gasteiger partial charge in [-0.25, -0.2) is 0 Å². The lowest BCUT2D eigenvalue weighted by atomic mass is 10.1. The number of carbonyl (C=O) groups is 2. The molecule has 31 heavy (non-hydrogen) atoms. The summed E-state index contributed by atoms with van der Waals surface area (Å²) < 4.78 is 46.2. The number of hydrogen-bond donors (Lipinski definition) is 1. The Morgan fingerprint density at radius 1 is 1.10 bits per heavy atom. The molecule has 1 fully saturated rings. The summed E-state index contributed by atoms with van der Waals surface area (Å²) in [5.41, 5.74) is 0.835. The van der Waals surface area contributed by atoms with Crippen molar-refractivity contribution >= 4 is 23.5 Å². The maximum absolute atomic E-state index is 12.4. The molecule has 1 N–H and O–H groups in total. The number of halogens is 3. The Kier molecular flexibility index (Phi) is 5.32. The van der Waals surface area contributed by atoms with E-state index >= 15 is 0 Å². The third-order valence-corrected chi connectivity index (χ3v) is 4.55. The highest BCUT2D eigenvalue weighted by Gasteiger charge is 2.35. The topological polar surface area (TPSA) is 97.6 Å². The summed E-state index contributed by atoms with van der Waals surface area (Å²) in [6.45, 7) is 0.201. The summed E-state index contributed by atoms with van der Waals surface area (Å²) in [7, 11) is 0. The number of hydrogen-bond acceptors (Lipinski definition) is 6. The van der Waals surface area contributed by atoms with Gasteiger partial charge in [-0.3, -0.25) is 14.9 Å². The summed E-state index contributed by atoms with van der Waals surface area (Å²) in [5.74, 6) is -1.29. The fourth-order valence-corrected chi connectivity index (χ4v) is 3.16. The minimum Gasteiger partial charge on any atom is -0.407 e. The van der Waals surface area contributed by atoms with Crippen LogP contribution in [0.5, 0.6) is 5.75 Å². The number of amides is 2. The van der Waals surface area contributed by atoms with Crippen LogP contribution in [0.15, 0.2) is 59.0 Å². The predicted octanol–water partition coefficient (Wildman–Crippen LogP) is 3.74. The quantitative estimate of drug-likeness (QED) is 0.660. The van der Waals surface area contributed by atoms with Crippen LogP contribution in [0.4, 0.5) is 24.9 Å². The smallest absolute Gasteiger partial charge is 0.407 e. The monoisotopic (exact) mass is 432 g/mol. The number of ether oxygens (including phenoxy) is 1. The summed E-state index contributed by atoms with van der Waals surface area (Å²) >= 11 is 0. The molecule has 11 heteroatoms. The van der Waals surface area contributed by atoms with Gasteiger partial charge in [0.05, 0.1) is 5.92 Å². The summed E-state index contributed by atoms with van der Waals surface area (Å²) in [5, 5.41) is 10.2. The third kappa shape index (κ3) is 4.82. The van der Waals surface area contributed by atoms with Crippen LogP contribution in [-0.2, 0) is 4.79 Å². The molecule has 8 nitrogen and oxygen atoms in total. The summed E-state index contributed by atoms with van der Waals surface area (Å²) in [4.78, 5) is 26.0. The fourth-order valence-electron chi connectivity index (χ4n) is 3.16. The van der Waals surface area contributed by atoms with Crippen LogP contribution in [0.3, 0.4) is 0 Å². The predicted molar refractivity (Wildman–Crippen MR) is 102 cm³/mol. The van der Waals surface area contributed by atoms with E-state index < -0.39 is 18.2 Å². The van der Waals surface area contributed by atoms with Gasteiger partial charge in [-0.15, -0.1) is 18.3 Å². The van der Waals surface area contributed by atoms with Crippen LogP contribution < -0.4 is 15.0 Å². The molecule has 1 atom stereocenters. The molecule has 0 radical (unpaired) electrons. The maximum atomic E-state index is 12.4. The molecular formula is C20H15F3N4O4. The average Bonchev–Trinajstić information content (AvgIpc) is 3.35. The van der Waals surface area contributed by atoms with Crippen molar-refractivity contribution in [3.05, 3.63) is 66.1 Å². The maximum Gasteiger partial charge on any atom is 0.573 e. The Hall–Kier alpha value is -3.89. The van der Waals surface area contributed by atoms with Crippen LogP contribution in [0.25, 0.3) is 0 Å². The van der Waals surface area contributed by atoms with Crippen molar-refractivity contribution < 1.29 is 31.9 Å². The molecule has 4 rings (SSSR count). The number of alkyl halides is 3. The molecule has 0 spiro atoms. The molecule has 0 bridgehead atoms. The SMILES string of the molecule is O=C(Nc1nnc([C@@H]2CC(=O)N(c3ccc(OC(F)(F)F)cc3)C2)o1)c1ccccc1. The van der Waals surface area contributed by atoms with Crippen molar-refractivity contribution in [3.63, 3.8) is 0 Å². The number of benzene rings is 2. The van der Waals surface area contributed by atoms with Crippen molar-refractivity contribution in [1.29, 1.82) is 0 Å². The molecule has 1 aromatic heterocycles. The third-order valence-electron chi connectivity index (χ3n) is 4.55. The second-order valence-corrected chi connectivity index (χ2v) is 6.71. The van der Waals surface area contributed by atoms with E-state index in [0.717, 1.165) is 12.1 Å². The van der Waals surface area contributed by atoms with Crippen molar-refractivity contribution in [2.24, 2.45) is 0 Å². The van der Waals surface area contributed by atoms with Gasteiger partial charge in [-0.2, -0.15) is 0 Å². The molecule has 0 aliphatic carbocycles.